The Morgan fingerprint density at radius 3 is 2.11 bits per heavy atom. The van der Waals surface area contributed by atoms with Gasteiger partial charge in [0.15, 0.2) is 0 Å². The summed E-state index contributed by atoms with van der Waals surface area (Å²) in [6.07, 6.45) is -5.08. The molecule has 19 heavy (non-hydrogen) atoms. The molecule has 0 bridgehead atoms. The lowest BCUT2D eigenvalue weighted by Gasteiger charge is -1.99. The zero-order valence-electron chi connectivity index (χ0n) is 9.82. The van der Waals surface area contributed by atoms with Crippen molar-refractivity contribution in [3.63, 3.8) is 0 Å². The van der Waals surface area contributed by atoms with E-state index in [9.17, 15) is 13.2 Å². The number of alkyl halides is 3. The summed E-state index contributed by atoms with van der Waals surface area (Å²) in [7, 11) is 0. The lowest BCUT2D eigenvalue weighted by Crippen LogP contribution is -2.21. The number of aliphatic carboxylic acids is 1. The largest absolute Gasteiger partial charge is 0.490 e. The van der Waals surface area contributed by atoms with Crippen LogP contribution in [0, 0.1) is 0 Å². The van der Waals surface area contributed by atoms with E-state index in [2.05, 4.69) is 30.3 Å². The minimum Gasteiger partial charge on any atom is -0.475 e. The lowest BCUT2D eigenvalue weighted by atomic mass is 10.1. The first-order valence-electron chi connectivity index (χ1n) is 5.32. The van der Waals surface area contributed by atoms with Gasteiger partial charge in [0.05, 0.1) is 0 Å². The molecule has 0 saturated carbocycles. The van der Waals surface area contributed by atoms with Crippen molar-refractivity contribution in [2.75, 3.05) is 0 Å². The maximum absolute atomic E-state index is 10.6. The quantitative estimate of drug-likeness (QED) is 0.838. The van der Waals surface area contributed by atoms with Gasteiger partial charge in [-0.2, -0.15) is 13.2 Å². The van der Waals surface area contributed by atoms with Gasteiger partial charge in [0.2, 0.25) is 0 Å². The fraction of sp³-hybridized carbons (Fsp3) is 0.154. The number of nitrogens with two attached hydrogens (primary N) is 1. The Morgan fingerprint density at radius 1 is 1.11 bits per heavy atom. The van der Waals surface area contributed by atoms with Crippen LogP contribution in [0.2, 0.25) is 0 Å². The highest BCUT2D eigenvalue weighted by Gasteiger charge is 2.38. The summed E-state index contributed by atoms with van der Waals surface area (Å²) in [4.78, 5) is 8.90. The highest BCUT2D eigenvalue weighted by atomic mass is 19.4. The average Bonchev–Trinajstić information content (AvgIpc) is 2.37. The van der Waals surface area contributed by atoms with Gasteiger partial charge < -0.3 is 10.8 Å². The number of rotatable bonds is 1. The standard InChI is InChI=1S/C11H11N.C2HF3O2/c12-8-9-5-6-10-3-1-2-4-11(10)7-9;3-2(4,5)1(6)7/h1-7H,8,12H2;(H,6,7). The third kappa shape index (κ3) is 4.59. The number of carboxylic acid groups (broad SMARTS) is 1. The third-order valence-corrected chi connectivity index (χ3v) is 2.29. The van der Waals surface area contributed by atoms with Crippen LogP contribution in [0.4, 0.5) is 13.2 Å². The second-order valence-corrected chi connectivity index (χ2v) is 3.69. The Hall–Kier alpha value is -2.08. The molecule has 0 aromatic heterocycles. The fourth-order valence-electron chi connectivity index (χ4n) is 1.37. The predicted molar refractivity (Wildman–Crippen MR) is 65.5 cm³/mol. The zero-order valence-corrected chi connectivity index (χ0v) is 9.82. The number of carboxylic acids is 1. The minimum absolute atomic E-state index is 0.616. The fourth-order valence-corrected chi connectivity index (χ4v) is 1.37. The van der Waals surface area contributed by atoms with Gasteiger partial charge in [0, 0.05) is 6.54 Å². The maximum atomic E-state index is 10.6. The van der Waals surface area contributed by atoms with Gasteiger partial charge in [-0.15, -0.1) is 0 Å². The zero-order chi connectivity index (χ0) is 14.5. The van der Waals surface area contributed by atoms with Crippen LogP contribution in [0.15, 0.2) is 42.5 Å². The van der Waals surface area contributed by atoms with E-state index in [4.69, 9.17) is 15.6 Å². The van der Waals surface area contributed by atoms with E-state index in [1.165, 1.54) is 16.3 Å². The van der Waals surface area contributed by atoms with Crippen molar-refractivity contribution in [2.45, 2.75) is 12.7 Å². The summed E-state index contributed by atoms with van der Waals surface area (Å²) < 4.78 is 31.7. The van der Waals surface area contributed by atoms with Crippen LogP contribution >= 0.6 is 0 Å². The summed E-state index contributed by atoms with van der Waals surface area (Å²) in [5.74, 6) is -2.76. The molecule has 0 spiro atoms. The minimum atomic E-state index is -5.08. The Morgan fingerprint density at radius 2 is 1.63 bits per heavy atom. The summed E-state index contributed by atoms with van der Waals surface area (Å²) in [5, 5.41) is 9.66. The Bertz CT molecular complexity index is 567. The van der Waals surface area contributed by atoms with Crippen molar-refractivity contribution in [2.24, 2.45) is 5.73 Å². The van der Waals surface area contributed by atoms with Gasteiger partial charge in [-0.25, -0.2) is 4.79 Å². The molecule has 0 amide bonds. The molecule has 0 unspecified atom stereocenters. The topological polar surface area (TPSA) is 63.3 Å². The first-order chi connectivity index (χ1) is 8.84. The monoisotopic (exact) mass is 271 g/mol. The molecule has 0 aliphatic carbocycles. The number of benzene rings is 2. The highest BCUT2D eigenvalue weighted by molar-refractivity contribution is 5.82. The Balaban J connectivity index is 0.000000224. The van der Waals surface area contributed by atoms with Crippen LogP contribution < -0.4 is 5.73 Å². The van der Waals surface area contributed by atoms with E-state index in [1.54, 1.807) is 0 Å². The van der Waals surface area contributed by atoms with E-state index in [-0.39, 0.29) is 0 Å². The van der Waals surface area contributed by atoms with Crippen molar-refractivity contribution in [1.82, 2.24) is 0 Å². The Labute approximate surface area is 107 Å². The molecule has 3 nitrogen and oxygen atoms in total. The van der Waals surface area contributed by atoms with Crippen LogP contribution in [0.3, 0.4) is 0 Å². The molecule has 2 rings (SSSR count). The van der Waals surface area contributed by atoms with Gasteiger partial charge in [0.1, 0.15) is 0 Å². The van der Waals surface area contributed by atoms with Crippen LogP contribution in [0.5, 0.6) is 0 Å². The van der Waals surface area contributed by atoms with Crippen LogP contribution in [0.25, 0.3) is 10.8 Å². The van der Waals surface area contributed by atoms with E-state index >= 15 is 0 Å². The molecule has 2 aromatic rings. The highest BCUT2D eigenvalue weighted by Crippen LogP contribution is 2.15. The normalized spacial score (nSPS) is 10.7. The van der Waals surface area contributed by atoms with Crippen LogP contribution in [-0.4, -0.2) is 17.3 Å². The molecular weight excluding hydrogens is 259 g/mol. The van der Waals surface area contributed by atoms with Crippen molar-refractivity contribution in [3.8, 4) is 0 Å². The molecule has 0 fully saturated rings. The second kappa shape index (κ2) is 6.19. The third-order valence-electron chi connectivity index (χ3n) is 2.29. The molecule has 0 aliphatic rings. The predicted octanol–water partition coefficient (Wildman–Crippen LogP) is 2.93. The van der Waals surface area contributed by atoms with Crippen molar-refractivity contribution in [1.29, 1.82) is 0 Å². The SMILES string of the molecule is NCc1ccc2ccccc2c1.O=C(O)C(F)(F)F. The number of hydrogen-bond donors (Lipinski definition) is 2. The maximum Gasteiger partial charge on any atom is 0.490 e. The molecule has 3 N–H and O–H groups in total. The van der Waals surface area contributed by atoms with Gasteiger partial charge in [0.25, 0.3) is 0 Å². The molecule has 0 radical (unpaired) electrons. The molecule has 0 aliphatic heterocycles. The van der Waals surface area contributed by atoms with Crippen molar-refractivity contribution < 1.29 is 23.1 Å². The van der Waals surface area contributed by atoms with E-state index in [1.807, 2.05) is 12.1 Å². The molecule has 0 atom stereocenters. The summed E-state index contributed by atoms with van der Waals surface area (Å²) in [5.41, 5.74) is 6.73. The van der Waals surface area contributed by atoms with Crippen LogP contribution in [0.1, 0.15) is 5.56 Å². The smallest absolute Gasteiger partial charge is 0.475 e. The number of fused-ring (bicyclic) bond motifs is 1. The Kier molecular flexibility index (Phi) is 4.88. The summed E-state index contributed by atoms with van der Waals surface area (Å²) in [6, 6.07) is 14.6. The molecule has 102 valence electrons. The number of hydrogen-bond acceptors (Lipinski definition) is 2. The van der Waals surface area contributed by atoms with Crippen LogP contribution in [-0.2, 0) is 11.3 Å². The van der Waals surface area contributed by atoms with E-state index < -0.39 is 12.1 Å². The molecule has 6 heteroatoms. The first-order valence-corrected chi connectivity index (χ1v) is 5.32. The van der Waals surface area contributed by atoms with E-state index in [0.717, 1.165) is 0 Å². The first kappa shape index (κ1) is 15.0. The van der Waals surface area contributed by atoms with Gasteiger partial charge in [-0.1, -0.05) is 36.4 Å². The molecular formula is C13H12F3NO2. The molecule has 2 aromatic carbocycles. The number of carbonyl (C=O) groups is 1. The van der Waals surface area contributed by atoms with E-state index in [0.29, 0.717) is 6.54 Å². The summed E-state index contributed by atoms with van der Waals surface area (Å²) in [6.45, 7) is 0.616. The molecule has 0 saturated heterocycles. The number of halogens is 3. The van der Waals surface area contributed by atoms with Gasteiger partial charge in [-0.3, -0.25) is 0 Å². The summed E-state index contributed by atoms with van der Waals surface area (Å²) >= 11 is 0. The van der Waals surface area contributed by atoms with Crippen molar-refractivity contribution >= 4 is 16.7 Å². The lowest BCUT2D eigenvalue weighted by molar-refractivity contribution is -0.192. The average molecular weight is 271 g/mol. The van der Waals surface area contributed by atoms with Gasteiger partial charge in [-0.05, 0) is 22.4 Å². The van der Waals surface area contributed by atoms with Gasteiger partial charge >= 0.3 is 12.1 Å². The van der Waals surface area contributed by atoms with Crippen molar-refractivity contribution in [3.05, 3.63) is 48.0 Å². The second-order valence-electron chi connectivity index (χ2n) is 3.69. The molecule has 0 heterocycles.